The summed E-state index contributed by atoms with van der Waals surface area (Å²) in [6, 6.07) is 0. The van der Waals surface area contributed by atoms with E-state index in [4.69, 9.17) is 4.74 Å². The van der Waals surface area contributed by atoms with Gasteiger partial charge in [0, 0.05) is 39.3 Å². The Labute approximate surface area is 123 Å². The summed E-state index contributed by atoms with van der Waals surface area (Å²) in [5.41, 5.74) is 1.02. The van der Waals surface area contributed by atoms with Gasteiger partial charge >= 0.3 is 0 Å². The van der Waals surface area contributed by atoms with Gasteiger partial charge < -0.3 is 9.64 Å². The predicted molar refractivity (Wildman–Crippen MR) is 81.8 cm³/mol. The maximum atomic E-state index is 12.2. The Bertz CT molecular complexity index is 314. The summed E-state index contributed by atoms with van der Waals surface area (Å²) in [6.45, 7) is 15.3. The molecule has 0 aromatic heterocycles. The van der Waals surface area contributed by atoms with Crippen LogP contribution in [0.15, 0.2) is 12.2 Å². The molecule has 0 spiro atoms. The van der Waals surface area contributed by atoms with Gasteiger partial charge in [-0.2, -0.15) is 0 Å². The molecule has 116 valence electrons. The number of rotatable bonds is 8. The van der Waals surface area contributed by atoms with Crippen LogP contribution in [0.5, 0.6) is 0 Å². The Hall–Kier alpha value is -0.910. The lowest BCUT2D eigenvalue weighted by Gasteiger charge is -2.29. The maximum Gasteiger partial charge on any atom is 0.237 e. The van der Waals surface area contributed by atoms with E-state index in [0.29, 0.717) is 13.1 Å². The van der Waals surface area contributed by atoms with Gasteiger partial charge in [-0.25, -0.2) is 0 Å². The molecule has 0 N–H and O–H groups in total. The van der Waals surface area contributed by atoms with Gasteiger partial charge in [0.2, 0.25) is 5.91 Å². The zero-order valence-electron chi connectivity index (χ0n) is 13.2. The molecule has 0 atom stereocenters. The largest absolute Gasteiger partial charge is 0.379 e. The van der Waals surface area contributed by atoms with E-state index in [1.54, 1.807) is 0 Å². The van der Waals surface area contributed by atoms with Gasteiger partial charge in [-0.15, -0.1) is 0 Å². The fraction of sp³-hybridized carbons (Fsp3) is 0.800. The molecule has 0 bridgehead atoms. The minimum absolute atomic E-state index is 0.181. The standard InChI is InChI=1S/C15H29N3O2/c1-5-18(12-14(2)3)15(19)13-16(4)6-7-17-8-10-20-11-9-17/h2,5-13H2,1,3-4H3. The number of likely N-dealkylation sites (N-methyl/N-ethyl adjacent to an activating group) is 2. The smallest absolute Gasteiger partial charge is 0.237 e. The highest BCUT2D eigenvalue weighted by molar-refractivity contribution is 5.78. The number of ether oxygens (including phenoxy) is 1. The summed E-state index contributed by atoms with van der Waals surface area (Å²) in [5, 5.41) is 0. The molecule has 1 saturated heterocycles. The van der Waals surface area contributed by atoms with Gasteiger partial charge in [-0.3, -0.25) is 14.6 Å². The van der Waals surface area contributed by atoms with Crippen LogP contribution in [0, 0.1) is 0 Å². The molecule has 5 heteroatoms. The van der Waals surface area contributed by atoms with Crippen LogP contribution in [0.3, 0.4) is 0 Å². The monoisotopic (exact) mass is 283 g/mol. The third-order valence-electron chi connectivity index (χ3n) is 3.50. The molecule has 0 aromatic carbocycles. The molecule has 1 rings (SSSR count). The van der Waals surface area contributed by atoms with Crippen molar-refractivity contribution >= 4 is 5.91 Å². The van der Waals surface area contributed by atoms with Crippen molar-refractivity contribution in [2.75, 3.05) is 66.1 Å². The summed E-state index contributed by atoms with van der Waals surface area (Å²) in [7, 11) is 2.01. The second-order valence-electron chi connectivity index (χ2n) is 5.56. The maximum absolute atomic E-state index is 12.2. The van der Waals surface area contributed by atoms with Crippen LogP contribution in [0.25, 0.3) is 0 Å². The van der Waals surface area contributed by atoms with Crippen LogP contribution in [0.4, 0.5) is 0 Å². The summed E-state index contributed by atoms with van der Waals surface area (Å²) >= 11 is 0. The molecule has 20 heavy (non-hydrogen) atoms. The lowest BCUT2D eigenvalue weighted by molar-refractivity contribution is -0.131. The van der Waals surface area contributed by atoms with Crippen molar-refractivity contribution in [3.05, 3.63) is 12.2 Å². The zero-order chi connectivity index (χ0) is 15.0. The van der Waals surface area contributed by atoms with Gasteiger partial charge in [0.1, 0.15) is 0 Å². The van der Waals surface area contributed by atoms with Crippen LogP contribution in [0.2, 0.25) is 0 Å². The Morgan fingerprint density at radius 1 is 1.30 bits per heavy atom. The highest BCUT2D eigenvalue weighted by atomic mass is 16.5. The molecule has 0 radical (unpaired) electrons. The van der Waals surface area contributed by atoms with Crippen LogP contribution >= 0.6 is 0 Å². The number of hydrogen-bond acceptors (Lipinski definition) is 4. The first-order valence-corrected chi connectivity index (χ1v) is 7.43. The summed E-state index contributed by atoms with van der Waals surface area (Å²) < 4.78 is 5.33. The minimum atomic E-state index is 0.181. The SMILES string of the molecule is C=C(C)CN(CC)C(=O)CN(C)CCN1CCOCC1. The Morgan fingerprint density at radius 2 is 1.95 bits per heavy atom. The van der Waals surface area contributed by atoms with E-state index >= 15 is 0 Å². The average Bonchev–Trinajstić information content (AvgIpc) is 2.43. The first kappa shape index (κ1) is 17.1. The highest BCUT2D eigenvalue weighted by Gasteiger charge is 2.15. The van der Waals surface area contributed by atoms with Gasteiger partial charge in [0.05, 0.1) is 19.8 Å². The van der Waals surface area contributed by atoms with Crippen LogP contribution in [-0.4, -0.2) is 86.7 Å². The van der Waals surface area contributed by atoms with Crippen molar-refractivity contribution in [3.63, 3.8) is 0 Å². The highest BCUT2D eigenvalue weighted by Crippen LogP contribution is 2.00. The van der Waals surface area contributed by atoms with E-state index in [1.807, 2.05) is 25.8 Å². The van der Waals surface area contributed by atoms with Crippen molar-refractivity contribution < 1.29 is 9.53 Å². The topological polar surface area (TPSA) is 36.0 Å². The number of hydrogen-bond donors (Lipinski definition) is 0. The second-order valence-corrected chi connectivity index (χ2v) is 5.56. The second kappa shape index (κ2) is 9.10. The van der Waals surface area contributed by atoms with E-state index < -0.39 is 0 Å². The van der Waals surface area contributed by atoms with Gasteiger partial charge in [0.25, 0.3) is 0 Å². The van der Waals surface area contributed by atoms with E-state index in [2.05, 4.69) is 16.4 Å². The third kappa shape index (κ3) is 6.50. The molecular weight excluding hydrogens is 254 g/mol. The number of nitrogens with zero attached hydrogens (tertiary/aromatic N) is 3. The number of carbonyl (C=O) groups is 1. The molecule has 1 aliphatic heterocycles. The Balaban J connectivity index is 2.27. The molecule has 1 heterocycles. The number of carbonyl (C=O) groups excluding carboxylic acids is 1. The van der Waals surface area contributed by atoms with Gasteiger partial charge in [-0.05, 0) is 20.9 Å². The Morgan fingerprint density at radius 3 is 2.50 bits per heavy atom. The molecule has 1 fully saturated rings. The fourth-order valence-corrected chi connectivity index (χ4v) is 2.25. The minimum Gasteiger partial charge on any atom is -0.379 e. The van der Waals surface area contributed by atoms with Gasteiger partial charge in [-0.1, -0.05) is 12.2 Å². The van der Waals surface area contributed by atoms with E-state index in [1.165, 1.54) is 0 Å². The van der Waals surface area contributed by atoms with Gasteiger partial charge in [0.15, 0.2) is 0 Å². The van der Waals surface area contributed by atoms with Crippen LogP contribution in [0.1, 0.15) is 13.8 Å². The van der Waals surface area contributed by atoms with Crippen LogP contribution in [-0.2, 0) is 9.53 Å². The van der Waals surface area contributed by atoms with E-state index in [0.717, 1.165) is 51.5 Å². The van der Waals surface area contributed by atoms with E-state index in [9.17, 15) is 4.79 Å². The summed E-state index contributed by atoms with van der Waals surface area (Å²) in [5.74, 6) is 0.181. The van der Waals surface area contributed by atoms with E-state index in [-0.39, 0.29) is 5.91 Å². The Kier molecular flexibility index (Phi) is 7.80. The predicted octanol–water partition coefficient (Wildman–Crippen LogP) is 0.675. The summed E-state index contributed by atoms with van der Waals surface area (Å²) in [6.07, 6.45) is 0. The van der Waals surface area contributed by atoms with Crippen molar-refractivity contribution in [3.8, 4) is 0 Å². The average molecular weight is 283 g/mol. The lowest BCUT2D eigenvalue weighted by Crippen LogP contribution is -2.44. The molecule has 0 unspecified atom stereocenters. The number of morpholine rings is 1. The molecule has 1 amide bonds. The van der Waals surface area contributed by atoms with Crippen molar-refractivity contribution in [1.82, 2.24) is 14.7 Å². The fourth-order valence-electron chi connectivity index (χ4n) is 2.25. The molecule has 0 aliphatic carbocycles. The van der Waals surface area contributed by atoms with Crippen molar-refractivity contribution in [1.29, 1.82) is 0 Å². The number of amides is 1. The van der Waals surface area contributed by atoms with Crippen molar-refractivity contribution in [2.45, 2.75) is 13.8 Å². The third-order valence-corrected chi connectivity index (χ3v) is 3.50. The molecule has 1 aliphatic rings. The molecular formula is C15H29N3O2. The van der Waals surface area contributed by atoms with Crippen LogP contribution < -0.4 is 0 Å². The summed E-state index contributed by atoms with van der Waals surface area (Å²) in [4.78, 5) is 18.5. The zero-order valence-corrected chi connectivity index (χ0v) is 13.2. The molecule has 5 nitrogen and oxygen atoms in total. The first-order valence-electron chi connectivity index (χ1n) is 7.43. The normalized spacial score (nSPS) is 16.4. The van der Waals surface area contributed by atoms with Crippen molar-refractivity contribution in [2.24, 2.45) is 0 Å². The first-order chi connectivity index (χ1) is 9.52. The molecule has 0 saturated carbocycles. The quantitative estimate of drug-likeness (QED) is 0.614. The lowest BCUT2D eigenvalue weighted by atomic mass is 10.3. The molecule has 0 aromatic rings.